The van der Waals surface area contributed by atoms with E-state index in [4.69, 9.17) is 4.74 Å². The third-order valence-corrected chi connectivity index (χ3v) is 6.41. The highest BCUT2D eigenvalue weighted by molar-refractivity contribution is 5.98. The molecule has 4 rings (SSSR count). The first-order valence-electron chi connectivity index (χ1n) is 12.8. The van der Waals surface area contributed by atoms with Gasteiger partial charge in [-0.2, -0.15) is 0 Å². The molecule has 0 bridgehead atoms. The van der Waals surface area contributed by atoms with Crippen LogP contribution < -0.4 is 15.5 Å². The molecule has 0 aliphatic carbocycles. The smallest absolute Gasteiger partial charge is 0.263 e. The van der Waals surface area contributed by atoms with E-state index in [1.165, 1.54) is 5.01 Å². The number of hydrogen-bond acceptors (Lipinski definition) is 5. The van der Waals surface area contributed by atoms with E-state index in [2.05, 4.69) is 10.7 Å². The first-order chi connectivity index (χ1) is 18.9. The van der Waals surface area contributed by atoms with Crippen molar-refractivity contribution in [1.29, 1.82) is 0 Å². The molecule has 1 atom stereocenters. The normalized spacial score (nSPS) is 11.4. The second kappa shape index (κ2) is 12.6. The molecule has 0 radical (unpaired) electrons. The Morgan fingerprint density at radius 1 is 0.897 bits per heavy atom. The van der Waals surface area contributed by atoms with Gasteiger partial charge in [0, 0.05) is 18.5 Å². The molecule has 4 aromatic rings. The van der Waals surface area contributed by atoms with Crippen molar-refractivity contribution in [3.63, 3.8) is 0 Å². The minimum absolute atomic E-state index is 0.213. The second-order valence-corrected chi connectivity index (χ2v) is 9.27. The summed E-state index contributed by atoms with van der Waals surface area (Å²) < 4.78 is 5.22. The molecule has 200 valence electrons. The summed E-state index contributed by atoms with van der Waals surface area (Å²) in [6.45, 7) is 4.19. The number of hydrazine groups is 1. The number of likely N-dealkylation sites (N-methyl/N-ethyl adjacent to an activating group) is 1. The Bertz CT molecular complexity index is 1400. The van der Waals surface area contributed by atoms with Crippen LogP contribution in [0.2, 0.25) is 0 Å². The Labute approximate surface area is 229 Å². The molecule has 0 fully saturated rings. The van der Waals surface area contributed by atoms with Crippen molar-refractivity contribution in [3.05, 3.63) is 114 Å². The predicted molar refractivity (Wildman–Crippen MR) is 154 cm³/mol. The lowest BCUT2D eigenvalue weighted by Crippen LogP contribution is -2.51. The van der Waals surface area contributed by atoms with E-state index < -0.39 is 6.04 Å². The van der Waals surface area contributed by atoms with Crippen molar-refractivity contribution in [3.8, 4) is 22.6 Å². The lowest BCUT2D eigenvalue weighted by molar-refractivity contribution is -0.131. The zero-order chi connectivity index (χ0) is 27.8. The summed E-state index contributed by atoms with van der Waals surface area (Å²) in [4.78, 5) is 26.9. The van der Waals surface area contributed by atoms with Gasteiger partial charge in [-0.05, 0) is 79.1 Å². The molecule has 4 aromatic carbocycles. The third-order valence-electron chi connectivity index (χ3n) is 6.41. The largest absolute Gasteiger partial charge is 0.508 e. The molecule has 0 heterocycles. The van der Waals surface area contributed by atoms with E-state index in [1.807, 2.05) is 86.6 Å². The van der Waals surface area contributed by atoms with E-state index in [-0.39, 0.29) is 17.6 Å². The van der Waals surface area contributed by atoms with Crippen LogP contribution in [0.3, 0.4) is 0 Å². The predicted octanol–water partition coefficient (Wildman–Crippen LogP) is 5.59. The van der Waals surface area contributed by atoms with E-state index in [0.717, 1.165) is 27.9 Å². The number of nitrogens with zero attached hydrogens (tertiary/aromatic N) is 1. The lowest BCUT2D eigenvalue weighted by atomic mass is 9.99. The Morgan fingerprint density at radius 3 is 2.13 bits per heavy atom. The molecular weight excluding hydrogens is 490 g/mol. The van der Waals surface area contributed by atoms with Crippen molar-refractivity contribution in [2.75, 3.05) is 19.1 Å². The number of benzene rings is 4. The summed E-state index contributed by atoms with van der Waals surface area (Å²) in [5, 5.41) is 14.0. The molecule has 0 saturated heterocycles. The van der Waals surface area contributed by atoms with Crippen LogP contribution in [0.5, 0.6) is 11.5 Å². The molecule has 0 spiro atoms. The van der Waals surface area contributed by atoms with Gasteiger partial charge in [0.05, 0.1) is 12.8 Å². The molecule has 0 aromatic heterocycles. The number of carbonyl (C=O) groups is 2. The van der Waals surface area contributed by atoms with Crippen molar-refractivity contribution < 1.29 is 19.4 Å². The van der Waals surface area contributed by atoms with E-state index in [9.17, 15) is 14.7 Å². The number of anilines is 1. The van der Waals surface area contributed by atoms with Crippen molar-refractivity contribution in [1.82, 2.24) is 10.3 Å². The molecule has 2 amide bonds. The summed E-state index contributed by atoms with van der Waals surface area (Å²) in [7, 11) is 1.60. The van der Waals surface area contributed by atoms with E-state index >= 15 is 0 Å². The highest BCUT2D eigenvalue weighted by atomic mass is 16.5. The van der Waals surface area contributed by atoms with Crippen LogP contribution in [-0.4, -0.2) is 41.6 Å². The minimum Gasteiger partial charge on any atom is -0.508 e. The minimum atomic E-state index is -0.803. The number of nitrogens with one attached hydrogen (secondary N) is 2. The summed E-state index contributed by atoms with van der Waals surface area (Å²) in [6, 6.07) is 28.6. The first kappa shape index (κ1) is 27.3. The molecule has 7 nitrogen and oxygen atoms in total. The standard InChI is InChI=1S/C32H33N3O4/c1-4-35(34-27-14-18-29(39-3)19-15-27)32(38)30(33-31(37)26-7-5-6-22(2)20-26)21-23-8-10-24(11-9-23)25-12-16-28(36)17-13-25/h5-20,30,34,36H,4,21H2,1-3H3,(H,33,37). The second-order valence-electron chi connectivity index (χ2n) is 9.27. The molecule has 7 heteroatoms. The fourth-order valence-corrected chi connectivity index (χ4v) is 4.25. The van der Waals surface area contributed by atoms with Gasteiger partial charge < -0.3 is 15.2 Å². The number of phenolic OH excluding ortho intramolecular Hbond substituents is 1. The van der Waals surface area contributed by atoms with Gasteiger partial charge in [0.15, 0.2) is 0 Å². The van der Waals surface area contributed by atoms with Gasteiger partial charge in [-0.25, -0.2) is 0 Å². The number of aromatic hydroxyl groups is 1. The number of phenols is 1. The van der Waals surface area contributed by atoms with Crippen LogP contribution in [0.25, 0.3) is 11.1 Å². The summed E-state index contributed by atoms with van der Waals surface area (Å²) in [6.07, 6.45) is 0.313. The van der Waals surface area contributed by atoms with Crippen LogP contribution in [0.1, 0.15) is 28.4 Å². The number of ether oxygens (including phenoxy) is 1. The van der Waals surface area contributed by atoms with E-state index in [0.29, 0.717) is 24.3 Å². The average Bonchev–Trinajstić information content (AvgIpc) is 2.96. The Morgan fingerprint density at radius 2 is 1.54 bits per heavy atom. The summed E-state index contributed by atoms with van der Waals surface area (Å²) in [5.41, 5.74) is 8.22. The Balaban J connectivity index is 1.56. The zero-order valence-electron chi connectivity index (χ0n) is 22.3. The van der Waals surface area contributed by atoms with Gasteiger partial charge in [-0.3, -0.25) is 20.0 Å². The van der Waals surface area contributed by atoms with E-state index in [1.54, 1.807) is 31.4 Å². The molecule has 0 aliphatic rings. The van der Waals surface area contributed by atoms with Gasteiger partial charge in [0.2, 0.25) is 0 Å². The molecule has 0 aliphatic heterocycles. The molecular formula is C32H33N3O4. The topological polar surface area (TPSA) is 90.9 Å². The van der Waals surface area contributed by atoms with Gasteiger partial charge >= 0.3 is 0 Å². The summed E-state index contributed by atoms with van der Waals surface area (Å²) >= 11 is 0. The van der Waals surface area contributed by atoms with Crippen molar-refractivity contribution >= 4 is 17.5 Å². The van der Waals surface area contributed by atoms with Crippen LogP contribution >= 0.6 is 0 Å². The number of aryl methyl sites for hydroxylation is 1. The highest BCUT2D eigenvalue weighted by Crippen LogP contribution is 2.23. The number of amides is 2. The number of hydrogen-bond donors (Lipinski definition) is 3. The molecule has 39 heavy (non-hydrogen) atoms. The molecule has 0 saturated carbocycles. The fraction of sp³-hybridized carbons (Fsp3) is 0.188. The Hall–Kier alpha value is -4.78. The van der Waals surface area contributed by atoms with Crippen molar-refractivity contribution in [2.24, 2.45) is 0 Å². The van der Waals surface area contributed by atoms with Gasteiger partial charge in [-0.1, -0.05) is 54.1 Å². The zero-order valence-corrected chi connectivity index (χ0v) is 22.3. The third kappa shape index (κ3) is 7.17. The molecule has 1 unspecified atom stereocenters. The average molecular weight is 524 g/mol. The van der Waals surface area contributed by atoms with Crippen LogP contribution in [0.15, 0.2) is 97.1 Å². The number of carbonyl (C=O) groups excluding carboxylic acids is 2. The van der Waals surface area contributed by atoms with Crippen LogP contribution in [0.4, 0.5) is 5.69 Å². The highest BCUT2D eigenvalue weighted by Gasteiger charge is 2.26. The van der Waals surface area contributed by atoms with Crippen LogP contribution in [-0.2, 0) is 11.2 Å². The quantitative estimate of drug-likeness (QED) is 0.236. The number of rotatable bonds is 10. The Kier molecular flexibility index (Phi) is 8.84. The monoisotopic (exact) mass is 523 g/mol. The van der Waals surface area contributed by atoms with Gasteiger partial charge in [0.25, 0.3) is 11.8 Å². The van der Waals surface area contributed by atoms with Crippen LogP contribution in [0, 0.1) is 6.92 Å². The maximum atomic E-state index is 13.8. The maximum Gasteiger partial charge on any atom is 0.263 e. The fourth-order valence-electron chi connectivity index (χ4n) is 4.25. The van der Waals surface area contributed by atoms with Gasteiger partial charge in [-0.15, -0.1) is 0 Å². The first-order valence-corrected chi connectivity index (χ1v) is 12.8. The number of methoxy groups -OCH3 is 1. The lowest BCUT2D eigenvalue weighted by Gasteiger charge is -2.28. The maximum absolute atomic E-state index is 13.8. The SMILES string of the molecule is CCN(Nc1ccc(OC)cc1)C(=O)C(Cc1ccc(-c2ccc(O)cc2)cc1)NC(=O)c1cccc(C)c1. The van der Waals surface area contributed by atoms with Crippen molar-refractivity contribution in [2.45, 2.75) is 26.3 Å². The summed E-state index contributed by atoms with van der Waals surface area (Å²) in [5.74, 6) is 0.369. The molecule has 3 N–H and O–H groups in total. The van der Waals surface area contributed by atoms with Gasteiger partial charge in [0.1, 0.15) is 17.5 Å².